The summed E-state index contributed by atoms with van der Waals surface area (Å²) in [6, 6.07) is 9.36. The van der Waals surface area contributed by atoms with Crippen LogP contribution in [0.3, 0.4) is 0 Å². The standard InChI is InChI=1S/C11H14N4O2/c12-14-10(16)8-7(9(8)11(17)15-13)6-4-2-1-3-5-6/h1-5,7-9H,12-13H2,(H,14,16)(H,15,17)/t8-,9-/m1/s1. The van der Waals surface area contributed by atoms with Crippen LogP contribution >= 0.6 is 0 Å². The zero-order valence-electron chi connectivity index (χ0n) is 9.09. The second-order valence-electron chi connectivity index (χ2n) is 4.01. The van der Waals surface area contributed by atoms with E-state index in [1.807, 2.05) is 30.3 Å². The van der Waals surface area contributed by atoms with E-state index in [9.17, 15) is 9.59 Å². The first-order valence-corrected chi connectivity index (χ1v) is 5.26. The molecule has 6 heteroatoms. The Bertz CT molecular complexity index is 412. The second kappa shape index (κ2) is 4.52. The third-order valence-corrected chi connectivity index (χ3v) is 3.09. The Morgan fingerprint density at radius 3 is 1.82 bits per heavy atom. The summed E-state index contributed by atoms with van der Waals surface area (Å²) < 4.78 is 0. The molecule has 2 rings (SSSR count). The quantitative estimate of drug-likeness (QED) is 0.305. The lowest BCUT2D eigenvalue weighted by molar-refractivity contribution is -0.127. The van der Waals surface area contributed by atoms with E-state index >= 15 is 0 Å². The van der Waals surface area contributed by atoms with Crippen molar-refractivity contribution < 1.29 is 9.59 Å². The van der Waals surface area contributed by atoms with E-state index in [0.29, 0.717) is 0 Å². The van der Waals surface area contributed by atoms with Crippen LogP contribution in [0.15, 0.2) is 30.3 Å². The molecule has 1 aliphatic carbocycles. The highest BCUT2D eigenvalue weighted by Crippen LogP contribution is 2.53. The fourth-order valence-corrected chi connectivity index (χ4v) is 2.25. The topological polar surface area (TPSA) is 110 Å². The second-order valence-corrected chi connectivity index (χ2v) is 4.01. The molecule has 1 aliphatic rings. The summed E-state index contributed by atoms with van der Waals surface area (Å²) in [6.45, 7) is 0. The lowest BCUT2D eigenvalue weighted by Gasteiger charge is -1.98. The van der Waals surface area contributed by atoms with Gasteiger partial charge in [0.2, 0.25) is 11.8 Å². The Balaban J connectivity index is 2.22. The summed E-state index contributed by atoms with van der Waals surface area (Å²) in [5.74, 6) is 8.48. The number of rotatable bonds is 3. The molecule has 1 fully saturated rings. The third kappa shape index (κ3) is 2.00. The van der Waals surface area contributed by atoms with Gasteiger partial charge in [-0.2, -0.15) is 0 Å². The van der Waals surface area contributed by atoms with E-state index in [-0.39, 0.29) is 17.7 Å². The molecule has 0 aliphatic heterocycles. The van der Waals surface area contributed by atoms with Gasteiger partial charge < -0.3 is 0 Å². The molecular weight excluding hydrogens is 220 g/mol. The summed E-state index contributed by atoms with van der Waals surface area (Å²) >= 11 is 0. The molecule has 0 spiro atoms. The van der Waals surface area contributed by atoms with Crippen LogP contribution in [0, 0.1) is 11.8 Å². The number of hydrazine groups is 2. The minimum absolute atomic E-state index is 0.150. The first-order valence-electron chi connectivity index (χ1n) is 5.26. The Hall–Kier alpha value is -1.92. The zero-order chi connectivity index (χ0) is 12.4. The Morgan fingerprint density at radius 1 is 0.941 bits per heavy atom. The van der Waals surface area contributed by atoms with Crippen LogP contribution in [0.2, 0.25) is 0 Å². The number of carbonyl (C=O) groups is 2. The fourth-order valence-electron chi connectivity index (χ4n) is 2.25. The van der Waals surface area contributed by atoms with Crippen LogP contribution in [0.4, 0.5) is 0 Å². The SMILES string of the molecule is NNC(=O)[C@@H]1C(c2ccccc2)[C@H]1C(=O)NN. The first kappa shape index (κ1) is 11.6. The van der Waals surface area contributed by atoms with Gasteiger partial charge in [0.05, 0.1) is 11.8 Å². The monoisotopic (exact) mass is 234 g/mol. The molecule has 0 aromatic heterocycles. The lowest BCUT2D eigenvalue weighted by atomic mass is 10.1. The summed E-state index contributed by atoms with van der Waals surface area (Å²) in [7, 11) is 0. The Labute approximate surface area is 98.3 Å². The Kier molecular flexibility index (Phi) is 3.08. The van der Waals surface area contributed by atoms with E-state index in [0.717, 1.165) is 5.56 Å². The van der Waals surface area contributed by atoms with Gasteiger partial charge in [-0.15, -0.1) is 0 Å². The first-order chi connectivity index (χ1) is 8.20. The number of amides is 2. The van der Waals surface area contributed by atoms with E-state index in [4.69, 9.17) is 11.7 Å². The van der Waals surface area contributed by atoms with Crippen molar-refractivity contribution in [2.75, 3.05) is 0 Å². The predicted molar refractivity (Wildman–Crippen MR) is 60.8 cm³/mol. The van der Waals surface area contributed by atoms with Crippen LogP contribution < -0.4 is 22.5 Å². The maximum atomic E-state index is 11.5. The zero-order valence-corrected chi connectivity index (χ0v) is 9.09. The maximum absolute atomic E-state index is 11.5. The highest BCUT2D eigenvalue weighted by molar-refractivity contribution is 5.94. The van der Waals surface area contributed by atoms with Crippen LogP contribution in [0.25, 0.3) is 0 Å². The number of benzene rings is 1. The van der Waals surface area contributed by atoms with Crippen molar-refractivity contribution in [2.24, 2.45) is 23.5 Å². The molecule has 0 heterocycles. The molecule has 1 aromatic rings. The molecule has 0 radical (unpaired) electrons. The number of hydrogen-bond donors (Lipinski definition) is 4. The molecule has 17 heavy (non-hydrogen) atoms. The maximum Gasteiger partial charge on any atom is 0.238 e. The fraction of sp³-hybridized carbons (Fsp3) is 0.273. The van der Waals surface area contributed by atoms with Gasteiger partial charge in [-0.05, 0) is 5.56 Å². The predicted octanol–water partition coefficient (Wildman–Crippen LogP) is -1.00. The molecule has 6 N–H and O–H groups in total. The van der Waals surface area contributed by atoms with Gasteiger partial charge in [-0.1, -0.05) is 30.3 Å². The van der Waals surface area contributed by atoms with Crippen LogP contribution in [-0.2, 0) is 9.59 Å². The summed E-state index contributed by atoms with van der Waals surface area (Å²) in [4.78, 5) is 23.1. The molecule has 1 saturated carbocycles. The minimum atomic E-state index is -0.439. The van der Waals surface area contributed by atoms with Crippen molar-refractivity contribution in [3.05, 3.63) is 35.9 Å². The van der Waals surface area contributed by atoms with Crippen LogP contribution in [0.5, 0.6) is 0 Å². The van der Waals surface area contributed by atoms with Crippen molar-refractivity contribution in [3.8, 4) is 0 Å². The third-order valence-electron chi connectivity index (χ3n) is 3.09. The normalized spacial score (nSPS) is 26.1. The van der Waals surface area contributed by atoms with Crippen molar-refractivity contribution in [1.29, 1.82) is 0 Å². The summed E-state index contributed by atoms with van der Waals surface area (Å²) in [5.41, 5.74) is 5.09. The van der Waals surface area contributed by atoms with Gasteiger partial charge in [0.15, 0.2) is 0 Å². The largest absolute Gasteiger partial charge is 0.294 e. The van der Waals surface area contributed by atoms with Crippen LogP contribution in [0.1, 0.15) is 11.5 Å². The molecule has 0 bridgehead atoms. The van der Waals surface area contributed by atoms with E-state index in [2.05, 4.69) is 10.9 Å². The van der Waals surface area contributed by atoms with Gasteiger partial charge in [0, 0.05) is 5.92 Å². The van der Waals surface area contributed by atoms with Crippen LogP contribution in [-0.4, -0.2) is 11.8 Å². The van der Waals surface area contributed by atoms with Gasteiger partial charge in [-0.25, -0.2) is 11.7 Å². The van der Waals surface area contributed by atoms with Gasteiger partial charge in [0.1, 0.15) is 0 Å². The van der Waals surface area contributed by atoms with Gasteiger partial charge >= 0.3 is 0 Å². The average Bonchev–Trinajstić information content (AvgIpc) is 3.13. The molecule has 2 amide bonds. The molecule has 6 nitrogen and oxygen atoms in total. The average molecular weight is 234 g/mol. The summed E-state index contributed by atoms with van der Waals surface area (Å²) in [6.07, 6.45) is 0. The number of nitrogens with two attached hydrogens (primary N) is 2. The summed E-state index contributed by atoms with van der Waals surface area (Å²) in [5, 5.41) is 0. The van der Waals surface area contributed by atoms with Crippen molar-refractivity contribution in [1.82, 2.24) is 10.9 Å². The van der Waals surface area contributed by atoms with E-state index < -0.39 is 11.8 Å². The van der Waals surface area contributed by atoms with Crippen molar-refractivity contribution in [2.45, 2.75) is 5.92 Å². The minimum Gasteiger partial charge on any atom is -0.294 e. The molecule has 1 aromatic carbocycles. The molecule has 2 atom stereocenters. The molecule has 90 valence electrons. The van der Waals surface area contributed by atoms with Gasteiger partial charge in [0.25, 0.3) is 0 Å². The highest BCUT2D eigenvalue weighted by Gasteiger charge is 2.59. The van der Waals surface area contributed by atoms with E-state index in [1.54, 1.807) is 0 Å². The van der Waals surface area contributed by atoms with Crippen molar-refractivity contribution >= 4 is 11.8 Å². The smallest absolute Gasteiger partial charge is 0.238 e. The van der Waals surface area contributed by atoms with Gasteiger partial charge in [-0.3, -0.25) is 20.4 Å². The number of nitrogens with one attached hydrogen (secondary N) is 2. The highest BCUT2D eigenvalue weighted by atomic mass is 16.2. The molecular formula is C11H14N4O2. The Morgan fingerprint density at radius 2 is 1.41 bits per heavy atom. The molecule has 0 unspecified atom stereocenters. The molecule has 0 saturated heterocycles. The number of carbonyl (C=O) groups excluding carboxylic acids is 2. The van der Waals surface area contributed by atoms with Crippen molar-refractivity contribution in [3.63, 3.8) is 0 Å². The van der Waals surface area contributed by atoms with E-state index in [1.165, 1.54) is 0 Å². The lowest BCUT2D eigenvalue weighted by Crippen LogP contribution is -2.36. The number of hydrogen-bond acceptors (Lipinski definition) is 4.